The highest BCUT2D eigenvalue weighted by atomic mass is 35.5. The van der Waals surface area contributed by atoms with Crippen LogP contribution in [0.4, 0.5) is 0 Å². The van der Waals surface area contributed by atoms with Gasteiger partial charge in [-0.25, -0.2) is 4.98 Å². The van der Waals surface area contributed by atoms with Crippen LogP contribution < -0.4 is 15.8 Å². The minimum Gasteiger partial charge on any atom is -0.494 e. The first-order valence-electron chi connectivity index (χ1n) is 7.91. The maximum atomic E-state index is 12.0. The molecular weight excluding hydrogens is 346 g/mol. The van der Waals surface area contributed by atoms with Crippen LogP contribution >= 0.6 is 23.7 Å². The number of nitrogens with two attached hydrogens (primary N) is 1. The lowest BCUT2D eigenvalue weighted by Gasteiger charge is -2.04. The maximum Gasteiger partial charge on any atom is 0.270 e. The van der Waals surface area contributed by atoms with Gasteiger partial charge >= 0.3 is 0 Å². The molecule has 0 aliphatic rings. The molecule has 1 heterocycles. The minimum atomic E-state index is -0.132. The Balaban J connectivity index is 0.00000288. The summed E-state index contributed by atoms with van der Waals surface area (Å²) in [6, 6.07) is 7.79. The summed E-state index contributed by atoms with van der Waals surface area (Å²) in [4.78, 5) is 16.4. The Hall–Kier alpha value is -1.63. The normalized spacial score (nSPS) is 10.1. The highest BCUT2D eigenvalue weighted by Crippen LogP contribution is 2.25. The molecule has 0 unspecified atom stereocenters. The number of rotatable bonds is 9. The summed E-state index contributed by atoms with van der Waals surface area (Å²) >= 11 is 1.47. The fraction of sp³-hybridized carbons (Fsp3) is 0.412. The Kier molecular flexibility index (Phi) is 9.37. The van der Waals surface area contributed by atoms with Crippen molar-refractivity contribution in [3.8, 4) is 16.3 Å². The van der Waals surface area contributed by atoms with Gasteiger partial charge in [-0.3, -0.25) is 4.79 Å². The fourth-order valence-corrected chi connectivity index (χ4v) is 2.79. The standard InChI is InChI=1S/C17H23N3O2S.ClH/c1-2-11-22-14-7-5-13(6-8-14)17-20-15(12-23-17)16(21)19-10-4-3-9-18;/h5-8,12H,2-4,9-11,18H2,1H3,(H,19,21);1H. The summed E-state index contributed by atoms with van der Waals surface area (Å²) < 4.78 is 5.56. The lowest BCUT2D eigenvalue weighted by molar-refractivity contribution is 0.0949. The van der Waals surface area contributed by atoms with Crippen LogP contribution in [0.5, 0.6) is 5.75 Å². The summed E-state index contributed by atoms with van der Waals surface area (Å²) in [5.74, 6) is 0.720. The van der Waals surface area contributed by atoms with Gasteiger partial charge in [0.15, 0.2) is 0 Å². The number of benzene rings is 1. The summed E-state index contributed by atoms with van der Waals surface area (Å²) in [5.41, 5.74) is 6.88. The Morgan fingerprint density at radius 2 is 2.04 bits per heavy atom. The number of thiazole rings is 1. The molecule has 2 rings (SSSR count). The SMILES string of the molecule is CCCOc1ccc(-c2nc(C(=O)NCCCCN)cs2)cc1.Cl. The van der Waals surface area contributed by atoms with Gasteiger partial charge < -0.3 is 15.8 Å². The van der Waals surface area contributed by atoms with E-state index in [4.69, 9.17) is 10.5 Å². The number of amides is 1. The van der Waals surface area contributed by atoms with Crippen LogP contribution in [0.25, 0.3) is 10.6 Å². The van der Waals surface area contributed by atoms with Crippen LogP contribution in [0.1, 0.15) is 36.7 Å². The van der Waals surface area contributed by atoms with E-state index in [0.717, 1.165) is 35.6 Å². The average Bonchev–Trinajstić information content (AvgIpc) is 3.07. The van der Waals surface area contributed by atoms with Crippen molar-refractivity contribution in [1.82, 2.24) is 10.3 Å². The van der Waals surface area contributed by atoms with Crippen molar-refractivity contribution >= 4 is 29.7 Å². The topological polar surface area (TPSA) is 77.2 Å². The Morgan fingerprint density at radius 1 is 1.29 bits per heavy atom. The second-order valence-corrected chi connectivity index (χ2v) is 6.02. The number of carbonyl (C=O) groups excluding carboxylic acids is 1. The van der Waals surface area contributed by atoms with E-state index in [1.807, 2.05) is 24.3 Å². The molecule has 1 aromatic heterocycles. The second kappa shape index (κ2) is 11.0. The van der Waals surface area contributed by atoms with E-state index in [1.54, 1.807) is 5.38 Å². The molecule has 0 bridgehead atoms. The first-order chi connectivity index (χ1) is 11.2. The number of nitrogens with one attached hydrogen (secondary N) is 1. The molecule has 24 heavy (non-hydrogen) atoms. The van der Waals surface area contributed by atoms with Crippen LogP contribution in [0.15, 0.2) is 29.6 Å². The quantitative estimate of drug-likeness (QED) is 0.663. The number of hydrogen-bond acceptors (Lipinski definition) is 5. The van der Waals surface area contributed by atoms with E-state index in [9.17, 15) is 4.79 Å². The van der Waals surface area contributed by atoms with Crippen LogP contribution in [0.3, 0.4) is 0 Å². The van der Waals surface area contributed by atoms with Crippen LogP contribution in [0.2, 0.25) is 0 Å². The Labute approximate surface area is 153 Å². The highest BCUT2D eigenvalue weighted by molar-refractivity contribution is 7.13. The molecule has 0 atom stereocenters. The summed E-state index contributed by atoms with van der Waals surface area (Å²) in [7, 11) is 0. The van der Waals surface area contributed by atoms with Gasteiger partial charge in [0, 0.05) is 17.5 Å². The number of nitrogens with zero attached hydrogens (tertiary/aromatic N) is 1. The van der Waals surface area contributed by atoms with Crippen LogP contribution in [-0.4, -0.2) is 30.6 Å². The minimum absolute atomic E-state index is 0. The Bertz CT molecular complexity index is 617. The van der Waals surface area contributed by atoms with Crippen molar-refractivity contribution in [2.75, 3.05) is 19.7 Å². The number of aromatic nitrogens is 1. The zero-order valence-corrected chi connectivity index (χ0v) is 15.4. The van der Waals surface area contributed by atoms with E-state index in [1.165, 1.54) is 11.3 Å². The van der Waals surface area contributed by atoms with E-state index in [-0.39, 0.29) is 18.3 Å². The predicted molar refractivity (Wildman–Crippen MR) is 101 cm³/mol. The number of hydrogen-bond donors (Lipinski definition) is 2. The number of unbranched alkanes of at least 4 members (excludes halogenated alkanes) is 1. The van der Waals surface area contributed by atoms with Crippen molar-refractivity contribution in [3.63, 3.8) is 0 Å². The van der Waals surface area contributed by atoms with E-state index >= 15 is 0 Å². The van der Waals surface area contributed by atoms with Crippen molar-refractivity contribution in [2.45, 2.75) is 26.2 Å². The summed E-state index contributed by atoms with van der Waals surface area (Å²) in [5, 5.41) is 5.48. The van der Waals surface area contributed by atoms with Crippen molar-refractivity contribution in [1.29, 1.82) is 0 Å². The van der Waals surface area contributed by atoms with E-state index in [0.29, 0.717) is 25.4 Å². The zero-order valence-electron chi connectivity index (χ0n) is 13.8. The van der Waals surface area contributed by atoms with Crippen molar-refractivity contribution < 1.29 is 9.53 Å². The first-order valence-corrected chi connectivity index (χ1v) is 8.79. The van der Waals surface area contributed by atoms with Crippen molar-refractivity contribution in [3.05, 3.63) is 35.3 Å². The van der Waals surface area contributed by atoms with Gasteiger partial charge in [0.2, 0.25) is 0 Å². The molecule has 2 aromatic rings. The van der Waals surface area contributed by atoms with Gasteiger partial charge in [-0.1, -0.05) is 6.92 Å². The summed E-state index contributed by atoms with van der Waals surface area (Å²) in [6.45, 7) is 4.07. The lowest BCUT2D eigenvalue weighted by atomic mass is 10.2. The third kappa shape index (κ3) is 6.11. The molecule has 0 aliphatic heterocycles. The van der Waals surface area contributed by atoms with Gasteiger partial charge in [-0.05, 0) is 50.1 Å². The van der Waals surface area contributed by atoms with Gasteiger partial charge in [0.25, 0.3) is 5.91 Å². The zero-order chi connectivity index (χ0) is 16.5. The molecule has 1 aromatic carbocycles. The maximum absolute atomic E-state index is 12.0. The predicted octanol–water partition coefficient (Wildman–Crippen LogP) is 3.49. The number of halogens is 1. The molecule has 7 heteroatoms. The molecule has 0 aliphatic carbocycles. The van der Waals surface area contributed by atoms with Crippen molar-refractivity contribution in [2.24, 2.45) is 5.73 Å². The number of ether oxygens (including phenoxy) is 1. The first kappa shape index (κ1) is 20.4. The van der Waals surface area contributed by atoms with Gasteiger partial charge in [0.1, 0.15) is 16.5 Å². The van der Waals surface area contributed by atoms with E-state index in [2.05, 4.69) is 17.2 Å². The van der Waals surface area contributed by atoms with Crippen LogP contribution in [0, 0.1) is 0 Å². The molecule has 0 spiro atoms. The van der Waals surface area contributed by atoms with E-state index < -0.39 is 0 Å². The number of carbonyl (C=O) groups is 1. The molecule has 0 fully saturated rings. The monoisotopic (exact) mass is 369 g/mol. The molecule has 3 N–H and O–H groups in total. The second-order valence-electron chi connectivity index (χ2n) is 5.16. The molecule has 132 valence electrons. The van der Waals surface area contributed by atoms with Gasteiger partial charge in [-0.2, -0.15) is 0 Å². The third-order valence-corrected chi connectivity index (χ3v) is 4.12. The highest BCUT2D eigenvalue weighted by Gasteiger charge is 2.11. The molecule has 0 saturated carbocycles. The fourth-order valence-electron chi connectivity index (χ4n) is 1.99. The van der Waals surface area contributed by atoms with Gasteiger partial charge in [0.05, 0.1) is 6.61 Å². The third-order valence-electron chi connectivity index (χ3n) is 3.23. The lowest BCUT2D eigenvalue weighted by Crippen LogP contribution is -2.25. The molecule has 0 saturated heterocycles. The molecule has 0 radical (unpaired) electrons. The molecular formula is C17H24ClN3O2S. The van der Waals surface area contributed by atoms with Crippen LogP contribution in [-0.2, 0) is 0 Å². The van der Waals surface area contributed by atoms with Gasteiger partial charge in [-0.15, -0.1) is 23.7 Å². The largest absolute Gasteiger partial charge is 0.494 e. The summed E-state index contributed by atoms with van der Waals surface area (Å²) in [6.07, 6.45) is 2.78. The molecule has 1 amide bonds. The smallest absolute Gasteiger partial charge is 0.270 e. The average molecular weight is 370 g/mol. The Morgan fingerprint density at radius 3 is 2.71 bits per heavy atom. The molecule has 5 nitrogen and oxygen atoms in total.